The molecule has 0 saturated heterocycles. The summed E-state index contributed by atoms with van der Waals surface area (Å²) in [6.45, 7) is 12.6. The van der Waals surface area contributed by atoms with Gasteiger partial charge in [0.05, 0.1) is 0 Å². The van der Waals surface area contributed by atoms with Crippen molar-refractivity contribution in [3.05, 3.63) is 36.0 Å². The summed E-state index contributed by atoms with van der Waals surface area (Å²) in [7, 11) is 2.00. The average Bonchev–Trinajstić information content (AvgIpc) is 3.17. The molecule has 0 unspecified atom stereocenters. The third kappa shape index (κ3) is 6.18. The topological polar surface area (TPSA) is 15.3 Å². The Morgan fingerprint density at radius 3 is 2.67 bits per heavy atom. The van der Waals surface area contributed by atoms with Crippen molar-refractivity contribution >= 4 is 0 Å². The molecule has 0 aliphatic heterocycles. The molecule has 0 aromatic heterocycles. The van der Waals surface area contributed by atoms with Crippen LogP contribution in [0.2, 0.25) is 0 Å². The summed E-state index contributed by atoms with van der Waals surface area (Å²) in [5.41, 5.74) is 2.71. The molecule has 1 aliphatic rings. The fourth-order valence-electron chi connectivity index (χ4n) is 2.01. The van der Waals surface area contributed by atoms with Crippen LogP contribution < -0.4 is 5.32 Å². The molecule has 1 aliphatic carbocycles. The maximum absolute atomic E-state index is 3.91. The second-order valence-electron chi connectivity index (χ2n) is 5.17. The van der Waals surface area contributed by atoms with E-state index in [9.17, 15) is 0 Å². The van der Waals surface area contributed by atoms with Crippen molar-refractivity contribution in [2.45, 2.75) is 26.7 Å². The summed E-state index contributed by atoms with van der Waals surface area (Å²) in [6, 6.07) is 0. The molecule has 1 rings (SSSR count). The number of nitrogens with zero attached hydrogens (tertiary/aromatic N) is 1. The van der Waals surface area contributed by atoms with Crippen molar-refractivity contribution in [3.63, 3.8) is 0 Å². The molecule has 0 bridgehead atoms. The Morgan fingerprint density at radius 2 is 2.17 bits per heavy atom. The third-order valence-corrected chi connectivity index (χ3v) is 3.30. The SMILES string of the molecule is C=CC(=C\C1CC1)/C=C(\C)CN(CC)CCNC. The molecule has 18 heavy (non-hydrogen) atoms. The van der Waals surface area contributed by atoms with Crippen LogP contribution in [0.25, 0.3) is 0 Å². The van der Waals surface area contributed by atoms with Crippen LogP contribution in [-0.2, 0) is 0 Å². The van der Waals surface area contributed by atoms with Gasteiger partial charge < -0.3 is 5.32 Å². The Labute approximate surface area is 112 Å². The van der Waals surface area contributed by atoms with Crippen molar-refractivity contribution in [2.75, 3.05) is 33.2 Å². The minimum atomic E-state index is 0.814. The van der Waals surface area contributed by atoms with Crippen LogP contribution in [0.4, 0.5) is 0 Å². The van der Waals surface area contributed by atoms with Crippen LogP contribution in [0.15, 0.2) is 36.0 Å². The molecule has 1 N–H and O–H groups in total. The minimum Gasteiger partial charge on any atom is -0.318 e. The molecular formula is C16H28N2. The van der Waals surface area contributed by atoms with Gasteiger partial charge in [-0.25, -0.2) is 0 Å². The smallest absolute Gasteiger partial charge is 0.0193 e. The predicted molar refractivity (Wildman–Crippen MR) is 80.8 cm³/mol. The van der Waals surface area contributed by atoms with Gasteiger partial charge in [-0.3, -0.25) is 4.90 Å². The lowest BCUT2D eigenvalue weighted by atomic mass is 10.1. The fraction of sp³-hybridized carbons (Fsp3) is 0.625. The van der Waals surface area contributed by atoms with E-state index in [4.69, 9.17) is 0 Å². The Balaban J connectivity index is 2.49. The van der Waals surface area contributed by atoms with Crippen molar-refractivity contribution in [1.29, 1.82) is 0 Å². The zero-order valence-electron chi connectivity index (χ0n) is 12.2. The second kappa shape index (κ2) is 8.28. The monoisotopic (exact) mass is 248 g/mol. The normalized spacial score (nSPS) is 17.3. The molecule has 0 spiro atoms. The lowest BCUT2D eigenvalue weighted by molar-refractivity contribution is 0.313. The molecule has 0 amide bonds. The van der Waals surface area contributed by atoms with Gasteiger partial charge >= 0.3 is 0 Å². The van der Waals surface area contributed by atoms with Crippen molar-refractivity contribution in [3.8, 4) is 0 Å². The second-order valence-corrected chi connectivity index (χ2v) is 5.17. The summed E-state index contributed by atoms with van der Waals surface area (Å²) < 4.78 is 0. The van der Waals surface area contributed by atoms with Crippen LogP contribution in [0.5, 0.6) is 0 Å². The highest BCUT2D eigenvalue weighted by Crippen LogP contribution is 2.31. The highest BCUT2D eigenvalue weighted by Gasteiger charge is 2.18. The van der Waals surface area contributed by atoms with Crippen molar-refractivity contribution < 1.29 is 0 Å². The van der Waals surface area contributed by atoms with Crippen LogP contribution in [0, 0.1) is 5.92 Å². The maximum atomic E-state index is 3.91. The van der Waals surface area contributed by atoms with E-state index >= 15 is 0 Å². The van der Waals surface area contributed by atoms with Crippen LogP contribution in [0.3, 0.4) is 0 Å². The van der Waals surface area contributed by atoms with E-state index < -0.39 is 0 Å². The number of nitrogens with one attached hydrogen (secondary N) is 1. The van der Waals surface area contributed by atoms with Crippen LogP contribution in [0.1, 0.15) is 26.7 Å². The van der Waals surface area contributed by atoms with Gasteiger partial charge in [0.1, 0.15) is 0 Å². The average molecular weight is 248 g/mol. The first-order chi connectivity index (χ1) is 8.69. The zero-order valence-corrected chi connectivity index (χ0v) is 12.2. The quantitative estimate of drug-likeness (QED) is 0.631. The highest BCUT2D eigenvalue weighted by atomic mass is 15.1. The van der Waals surface area contributed by atoms with E-state index in [1.807, 2.05) is 13.1 Å². The molecule has 0 radical (unpaired) electrons. The first kappa shape index (κ1) is 15.2. The largest absolute Gasteiger partial charge is 0.318 e. The van der Waals surface area contributed by atoms with Crippen LogP contribution >= 0.6 is 0 Å². The van der Waals surface area contributed by atoms with Gasteiger partial charge in [-0.1, -0.05) is 37.3 Å². The fourth-order valence-corrected chi connectivity index (χ4v) is 2.01. The van der Waals surface area contributed by atoms with Gasteiger partial charge in [0, 0.05) is 19.6 Å². The summed E-state index contributed by atoms with van der Waals surface area (Å²) in [6.07, 6.45) is 9.33. The Hall–Kier alpha value is -0.860. The highest BCUT2D eigenvalue weighted by molar-refractivity contribution is 5.33. The van der Waals surface area contributed by atoms with Gasteiger partial charge in [-0.2, -0.15) is 0 Å². The maximum Gasteiger partial charge on any atom is 0.0193 e. The van der Waals surface area contributed by atoms with E-state index in [1.54, 1.807) is 0 Å². The molecule has 0 aromatic carbocycles. The molecule has 0 aromatic rings. The third-order valence-electron chi connectivity index (χ3n) is 3.30. The molecular weight excluding hydrogens is 220 g/mol. The Bertz CT molecular complexity index is 311. The van der Waals surface area contributed by atoms with Gasteiger partial charge in [-0.05, 0) is 44.8 Å². The lowest BCUT2D eigenvalue weighted by Gasteiger charge is -2.20. The van der Waals surface area contributed by atoms with Crippen LogP contribution in [-0.4, -0.2) is 38.1 Å². The van der Waals surface area contributed by atoms with Gasteiger partial charge in [0.2, 0.25) is 0 Å². The zero-order chi connectivity index (χ0) is 13.4. The Kier molecular flexibility index (Phi) is 6.99. The van der Waals surface area contributed by atoms with Gasteiger partial charge in [0.15, 0.2) is 0 Å². The van der Waals surface area contributed by atoms with Crippen molar-refractivity contribution in [1.82, 2.24) is 10.2 Å². The predicted octanol–water partition coefficient (Wildman–Crippen LogP) is 3.00. The summed E-state index contributed by atoms with van der Waals surface area (Å²) in [4.78, 5) is 2.46. The van der Waals surface area contributed by atoms with Gasteiger partial charge in [0.25, 0.3) is 0 Å². The number of hydrogen-bond acceptors (Lipinski definition) is 2. The molecule has 2 heteroatoms. The minimum absolute atomic E-state index is 0.814. The summed E-state index contributed by atoms with van der Waals surface area (Å²) in [5.74, 6) is 0.814. The molecule has 1 saturated carbocycles. The number of likely N-dealkylation sites (N-methyl/N-ethyl adjacent to an activating group) is 2. The van der Waals surface area contributed by atoms with E-state index in [0.717, 1.165) is 32.1 Å². The van der Waals surface area contributed by atoms with Gasteiger partial charge in [-0.15, -0.1) is 0 Å². The van der Waals surface area contributed by atoms with E-state index in [-0.39, 0.29) is 0 Å². The molecule has 1 fully saturated rings. The summed E-state index contributed by atoms with van der Waals surface area (Å²) in [5, 5.41) is 3.20. The molecule has 102 valence electrons. The number of hydrogen-bond donors (Lipinski definition) is 1. The standard InChI is InChI=1S/C16H28N2/c1-5-15(12-16-7-8-16)11-14(3)13-18(6-2)10-9-17-4/h5,11-12,16-17H,1,6-10,13H2,2-4H3/b14-11+,15-12+. The van der Waals surface area contributed by atoms with E-state index in [1.165, 1.54) is 24.0 Å². The summed E-state index contributed by atoms with van der Waals surface area (Å²) >= 11 is 0. The van der Waals surface area contributed by atoms with E-state index in [0.29, 0.717) is 0 Å². The number of rotatable bonds is 9. The molecule has 0 heterocycles. The Morgan fingerprint density at radius 1 is 1.44 bits per heavy atom. The van der Waals surface area contributed by atoms with E-state index in [2.05, 4.69) is 42.8 Å². The first-order valence-corrected chi connectivity index (χ1v) is 7.08. The first-order valence-electron chi connectivity index (χ1n) is 7.08. The molecule has 0 atom stereocenters. The lowest BCUT2D eigenvalue weighted by Crippen LogP contribution is -2.32. The molecule has 2 nitrogen and oxygen atoms in total. The number of allylic oxidation sites excluding steroid dienone is 4. The van der Waals surface area contributed by atoms with Crippen molar-refractivity contribution in [2.24, 2.45) is 5.92 Å².